The van der Waals surface area contributed by atoms with E-state index in [2.05, 4.69) is 0 Å². The van der Waals surface area contributed by atoms with Gasteiger partial charge in [0.05, 0.1) is 4.90 Å². The third-order valence-electron chi connectivity index (χ3n) is 1.16. The van der Waals surface area contributed by atoms with Gasteiger partial charge in [-0.2, -0.15) is 8.42 Å². The van der Waals surface area contributed by atoms with Crippen molar-refractivity contribution in [2.75, 3.05) is 5.73 Å². The van der Waals surface area contributed by atoms with Gasteiger partial charge in [0.15, 0.2) is 0 Å². The second kappa shape index (κ2) is 4.71. The Kier molecular flexibility index (Phi) is 4.93. The minimum absolute atomic E-state index is 0. The van der Waals surface area contributed by atoms with Crippen LogP contribution in [0.25, 0.3) is 0 Å². The van der Waals surface area contributed by atoms with Crippen LogP contribution in [0.5, 0.6) is 0 Å². The molecule has 1 aromatic carbocycles. The van der Waals surface area contributed by atoms with E-state index in [1.807, 2.05) is 0 Å². The van der Waals surface area contributed by atoms with Gasteiger partial charge >= 0.3 is 51.4 Å². The predicted molar refractivity (Wildman–Crippen MR) is 47.8 cm³/mol. The summed E-state index contributed by atoms with van der Waals surface area (Å²) in [4.78, 5) is -0.183. The van der Waals surface area contributed by atoms with Crippen molar-refractivity contribution in [1.82, 2.24) is 0 Å². The Morgan fingerprint density at radius 3 is 2.25 bits per heavy atom. The molecule has 6 heteroatoms. The summed E-state index contributed by atoms with van der Waals surface area (Å²) < 4.78 is 29.5. The number of anilines is 1. The van der Waals surface area contributed by atoms with Crippen molar-refractivity contribution in [3.05, 3.63) is 24.3 Å². The fraction of sp³-hybridized carbons (Fsp3) is 0. The topological polar surface area (TPSA) is 80.4 Å². The molecule has 3 N–H and O–H groups in total. The van der Waals surface area contributed by atoms with E-state index >= 15 is 0 Å². The van der Waals surface area contributed by atoms with E-state index in [-0.39, 0.29) is 56.3 Å². The summed E-state index contributed by atoms with van der Waals surface area (Å²) in [7, 11) is -4.11. The van der Waals surface area contributed by atoms with Crippen LogP contribution in [0, 0.1) is 0 Å². The van der Waals surface area contributed by atoms with Crippen LogP contribution in [0.1, 0.15) is 0 Å². The Morgan fingerprint density at radius 1 is 1.33 bits per heavy atom. The van der Waals surface area contributed by atoms with E-state index in [0.29, 0.717) is 5.69 Å². The van der Waals surface area contributed by atoms with Gasteiger partial charge in [0.2, 0.25) is 0 Å². The van der Waals surface area contributed by atoms with Crippen molar-refractivity contribution in [3.8, 4) is 0 Å². The van der Waals surface area contributed by atoms with Gasteiger partial charge in [-0.25, -0.2) is 0 Å². The Bertz CT molecular complexity index is 363. The number of nitrogens with two attached hydrogens (primary N) is 1. The molecule has 0 amide bonds. The molecule has 0 aliphatic heterocycles. The zero-order valence-electron chi connectivity index (χ0n) is 5.56. The Morgan fingerprint density at radius 2 is 1.92 bits per heavy atom. The van der Waals surface area contributed by atoms with Crippen molar-refractivity contribution in [2.45, 2.75) is 4.90 Å². The zero-order chi connectivity index (χ0) is 8.48. The van der Waals surface area contributed by atoms with Crippen molar-refractivity contribution >= 4 is 67.2 Å². The first-order valence-corrected chi connectivity index (χ1v) is 4.27. The van der Waals surface area contributed by atoms with Crippen molar-refractivity contribution < 1.29 is 13.0 Å². The maximum absolute atomic E-state index is 10.5. The molecule has 0 radical (unpaired) electrons. The van der Waals surface area contributed by atoms with Crippen LogP contribution in [-0.2, 0) is 10.1 Å². The molecule has 0 heterocycles. The fourth-order valence-corrected chi connectivity index (χ4v) is 1.21. The molecule has 0 saturated carbocycles. The fourth-order valence-electron chi connectivity index (χ4n) is 0.675. The van der Waals surface area contributed by atoms with Gasteiger partial charge < -0.3 is 5.73 Å². The number of benzene rings is 1. The summed E-state index contributed by atoms with van der Waals surface area (Å²) in [5.41, 5.74) is 5.59. The average Bonchev–Trinajstić information content (AvgIpc) is 1.86. The standard InChI is InChI=1S/C6H7NO3S.K.H/c7-5-2-1-3-6(4-5)11(8,9)10;;/h1-4H,7H2,(H,8,9,10);;. The van der Waals surface area contributed by atoms with Crippen LogP contribution in [0.2, 0.25) is 0 Å². The van der Waals surface area contributed by atoms with Gasteiger partial charge in [0.1, 0.15) is 0 Å². The molecule has 0 aliphatic rings. The third-order valence-corrected chi connectivity index (χ3v) is 2.01. The third kappa shape index (κ3) is 3.52. The summed E-state index contributed by atoms with van der Waals surface area (Å²) in [5.74, 6) is 0. The van der Waals surface area contributed by atoms with E-state index < -0.39 is 10.1 Å². The monoisotopic (exact) mass is 213 g/mol. The summed E-state index contributed by atoms with van der Waals surface area (Å²) in [6.07, 6.45) is 0. The van der Waals surface area contributed by atoms with Crippen LogP contribution in [0.15, 0.2) is 29.2 Å². The maximum atomic E-state index is 10.5. The Labute approximate surface area is 113 Å². The molecular weight excluding hydrogens is 205 g/mol. The van der Waals surface area contributed by atoms with Gasteiger partial charge in [0.25, 0.3) is 10.1 Å². The first kappa shape index (κ1) is 12.6. The zero-order valence-corrected chi connectivity index (χ0v) is 6.38. The van der Waals surface area contributed by atoms with Gasteiger partial charge in [-0.05, 0) is 18.2 Å². The normalized spacial score (nSPS) is 10.4. The summed E-state index contributed by atoms with van der Waals surface area (Å²) in [5, 5.41) is 0. The molecule has 1 rings (SSSR count). The quantitative estimate of drug-likeness (QED) is 0.387. The molecule has 0 spiro atoms. The molecule has 0 bridgehead atoms. The minimum atomic E-state index is -4.11. The summed E-state index contributed by atoms with van der Waals surface area (Å²) >= 11 is 0. The first-order chi connectivity index (χ1) is 5.00. The number of hydrogen-bond acceptors (Lipinski definition) is 3. The average molecular weight is 213 g/mol. The molecule has 1 aromatic rings. The predicted octanol–water partition coefficient (Wildman–Crippen LogP) is -0.133. The molecule has 62 valence electrons. The van der Waals surface area contributed by atoms with Crippen LogP contribution >= 0.6 is 0 Å². The van der Waals surface area contributed by atoms with Gasteiger partial charge in [-0.1, -0.05) is 6.07 Å². The van der Waals surface area contributed by atoms with Crippen LogP contribution in [0.4, 0.5) is 5.69 Å². The molecule has 4 nitrogen and oxygen atoms in total. The second-order valence-corrected chi connectivity index (χ2v) is 3.47. The van der Waals surface area contributed by atoms with Crippen molar-refractivity contribution in [3.63, 3.8) is 0 Å². The Balaban J connectivity index is 0.00000121. The summed E-state index contributed by atoms with van der Waals surface area (Å²) in [6, 6.07) is 5.45. The summed E-state index contributed by atoms with van der Waals surface area (Å²) in [6.45, 7) is 0. The van der Waals surface area contributed by atoms with E-state index in [1.54, 1.807) is 0 Å². The number of rotatable bonds is 1. The van der Waals surface area contributed by atoms with Crippen LogP contribution in [-0.4, -0.2) is 64.4 Å². The second-order valence-electron chi connectivity index (χ2n) is 2.05. The van der Waals surface area contributed by atoms with Crippen molar-refractivity contribution in [1.29, 1.82) is 0 Å². The molecule has 0 fully saturated rings. The number of hydrogen-bond donors (Lipinski definition) is 2. The van der Waals surface area contributed by atoms with E-state index in [1.165, 1.54) is 24.3 Å². The molecule has 0 aromatic heterocycles. The van der Waals surface area contributed by atoms with Crippen LogP contribution < -0.4 is 5.73 Å². The molecular formula is C6H8KNO3S. The molecule has 0 unspecified atom stereocenters. The first-order valence-electron chi connectivity index (χ1n) is 2.83. The Hall–Kier alpha value is 0.566. The SMILES string of the molecule is Nc1cccc(S(=O)(=O)O)c1.[KH]. The van der Waals surface area contributed by atoms with Crippen LogP contribution in [0.3, 0.4) is 0 Å². The molecule has 0 atom stereocenters. The van der Waals surface area contributed by atoms with Gasteiger partial charge in [0, 0.05) is 5.69 Å². The molecule has 0 aliphatic carbocycles. The van der Waals surface area contributed by atoms with Crippen molar-refractivity contribution in [2.24, 2.45) is 0 Å². The van der Waals surface area contributed by atoms with Gasteiger partial charge in [-0.15, -0.1) is 0 Å². The van der Waals surface area contributed by atoms with E-state index in [4.69, 9.17) is 10.3 Å². The van der Waals surface area contributed by atoms with E-state index in [0.717, 1.165) is 0 Å². The van der Waals surface area contributed by atoms with E-state index in [9.17, 15) is 8.42 Å². The number of nitrogen functional groups attached to an aromatic ring is 1. The van der Waals surface area contributed by atoms with Gasteiger partial charge in [-0.3, -0.25) is 4.55 Å². The molecule has 12 heavy (non-hydrogen) atoms. The molecule has 0 saturated heterocycles.